The highest BCUT2D eigenvalue weighted by molar-refractivity contribution is 7.86. The van der Waals surface area contributed by atoms with Gasteiger partial charge in [-0.2, -0.15) is 8.42 Å². The quantitative estimate of drug-likeness (QED) is 0.112. The summed E-state index contributed by atoms with van der Waals surface area (Å²) in [5, 5.41) is 2.81. The van der Waals surface area contributed by atoms with Crippen LogP contribution in [0.4, 0.5) is 0 Å². The standard InChI is InChI=1S/C18H30O3S.C10H20N2O/c1-2-3-4-5-6-7-8-9-10-14-17-21-22(19,20)18-15-12-11-13-16-18;1-9(2)10(13)11-7-6-8-12(3,4)5/h11-13,15-16H,2-10,14,17H2,1H3;1,6-8H2,2-5H3/p+1. The zero-order valence-electron chi connectivity index (χ0n) is 23.0. The van der Waals surface area contributed by atoms with Gasteiger partial charge in [-0.25, -0.2) is 0 Å². The predicted molar refractivity (Wildman–Crippen MR) is 147 cm³/mol. The molecule has 0 aliphatic carbocycles. The topological polar surface area (TPSA) is 72.5 Å². The molecule has 7 heteroatoms. The van der Waals surface area contributed by atoms with E-state index in [-0.39, 0.29) is 17.4 Å². The summed E-state index contributed by atoms with van der Waals surface area (Å²) in [7, 11) is 2.85. The second-order valence-electron chi connectivity index (χ2n) is 10.2. The van der Waals surface area contributed by atoms with Crippen LogP contribution in [0.25, 0.3) is 0 Å². The van der Waals surface area contributed by atoms with Crippen molar-refractivity contribution in [2.24, 2.45) is 0 Å². The first-order chi connectivity index (χ1) is 16.5. The number of carbonyl (C=O) groups is 1. The lowest BCUT2D eigenvalue weighted by Gasteiger charge is -2.23. The van der Waals surface area contributed by atoms with Crippen LogP contribution in [0.1, 0.15) is 84.5 Å². The van der Waals surface area contributed by atoms with Crippen LogP contribution in [0.5, 0.6) is 0 Å². The highest BCUT2D eigenvalue weighted by Gasteiger charge is 2.13. The predicted octanol–water partition coefficient (Wildman–Crippen LogP) is 6.09. The SMILES string of the molecule is C=C(C)C(=O)NCCC[N+](C)(C)C.CCCCCCCCCCCCOS(=O)(=O)c1ccccc1. The van der Waals surface area contributed by atoms with Crippen LogP contribution in [0.3, 0.4) is 0 Å². The van der Waals surface area contributed by atoms with Gasteiger partial charge >= 0.3 is 0 Å². The van der Waals surface area contributed by atoms with E-state index in [1.165, 1.54) is 51.4 Å². The number of hydrogen-bond donors (Lipinski definition) is 1. The molecule has 0 spiro atoms. The molecule has 1 rings (SSSR count). The Balaban J connectivity index is 0.000000761. The summed E-state index contributed by atoms with van der Waals surface area (Å²) in [5.74, 6) is -0.0404. The molecule has 0 fully saturated rings. The highest BCUT2D eigenvalue weighted by atomic mass is 32.2. The Labute approximate surface area is 215 Å². The van der Waals surface area contributed by atoms with Crippen LogP contribution in [0, 0.1) is 0 Å². The van der Waals surface area contributed by atoms with Gasteiger partial charge in [0.05, 0.1) is 39.2 Å². The van der Waals surface area contributed by atoms with E-state index < -0.39 is 10.1 Å². The molecule has 0 saturated carbocycles. The van der Waals surface area contributed by atoms with E-state index in [1.54, 1.807) is 37.3 Å². The Morgan fingerprint density at radius 2 is 1.40 bits per heavy atom. The van der Waals surface area contributed by atoms with E-state index in [0.29, 0.717) is 5.57 Å². The van der Waals surface area contributed by atoms with Gasteiger partial charge in [-0.3, -0.25) is 8.98 Å². The molecule has 1 aromatic carbocycles. The Bertz CT molecular complexity index is 787. The summed E-state index contributed by atoms with van der Waals surface area (Å²) in [6.07, 6.45) is 13.3. The van der Waals surface area contributed by atoms with Crippen molar-refractivity contribution in [2.75, 3.05) is 40.8 Å². The molecule has 0 heterocycles. The number of unbranched alkanes of at least 4 members (excludes halogenated alkanes) is 9. The largest absolute Gasteiger partial charge is 0.352 e. The van der Waals surface area contributed by atoms with Crippen molar-refractivity contribution in [3.8, 4) is 0 Å². The van der Waals surface area contributed by atoms with Gasteiger partial charge in [0, 0.05) is 18.5 Å². The number of nitrogens with zero attached hydrogens (tertiary/aromatic N) is 1. The Morgan fingerprint density at radius 3 is 1.89 bits per heavy atom. The molecule has 0 bridgehead atoms. The zero-order valence-corrected chi connectivity index (χ0v) is 23.8. The molecule has 35 heavy (non-hydrogen) atoms. The van der Waals surface area contributed by atoms with Crippen LogP contribution >= 0.6 is 0 Å². The number of hydrogen-bond acceptors (Lipinski definition) is 4. The maximum Gasteiger partial charge on any atom is 0.296 e. The van der Waals surface area contributed by atoms with Crippen LogP contribution in [-0.2, 0) is 19.1 Å². The second-order valence-corrected chi connectivity index (χ2v) is 11.8. The normalized spacial score (nSPS) is 11.5. The number of carbonyl (C=O) groups excluding carboxylic acids is 1. The van der Waals surface area contributed by atoms with Gasteiger partial charge in [-0.05, 0) is 25.5 Å². The van der Waals surface area contributed by atoms with Crippen molar-refractivity contribution in [1.29, 1.82) is 0 Å². The van der Waals surface area contributed by atoms with Crippen LogP contribution < -0.4 is 5.32 Å². The second kappa shape index (κ2) is 19.5. The fourth-order valence-corrected chi connectivity index (χ4v) is 4.28. The van der Waals surface area contributed by atoms with Crippen LogP contribution in [0.15, 0.2) is 47.4 Å². The van der Waals surface area contributed by atoms with Crippen LogP contribution in [-0.4, -0.2) is 59.6 Å². The molecule has 1 amide bonds. The fraction of sp³-hybridized carbons (Fsp3) is 0.679. The number of benzene rings is 1. The molecule has 0 saturated heterocycles. The molecule has 0 aliphatic rings. The van der Waals surface area contributed by atoms with Gasteiger partial charge in [-0.15, -0.1) is 0 Å². The van der Waals surface area contributed by atoms with E-state index in [4.69, 9.17) is 4.18 Å². The molecule has 0 aliphatic heterocycles. The third-order valence-corrected chi connectivity index (χ3v) is 6.77. The minimum atomic E-state index is -3.57. The molecule has 0 atom stereocenters. The first-order valence-electron chi connectivity index (χ1n) is 13.2. The van der Waals surface area contributed by atoms with Crippen molar-refractivity contribution in [2.45, 2.75) is 89.4 Å². The van der Waals surface area contributed by atoms with Crippen molar-refractivity contribution in [1.82, 2.24) is 5.32 Å². The third kappa shape index (κ3) is 20.2. The summed E-state index contributed by atoms with van der Waals surface area (Å²) in [5.41, 5.74) is 0.574. The molecule has 0 radical (unpaired) electrons. The van der Waals surface area contributed by atoms with Gasteiger partial charge < -0.3 is 9.80 Å². The summed E-state index contributed by atoms with van der Waals surface area (Å²) >= 11 is 0. The minimum absolute atomic E-state index is 0.0404. The third-order valence-electron chi connectivity index (χ3n) is 5.45. The van der Waals surface area contributed by atoms with E-state index >= 15 is 0 Å². The average Bonchev–Trinajstić information content (AvgIpc) is 2.80. The molecular formula is C28H51N2O4S+. The lowest BCUT2D eigenvalue weighted by Crippen LogP contribution is -2.37. The van der Waals surface area contributed by atoms with Gasteiger partial charge in [0.15, 0.2) is 0 Å². The molecule has 6 nitrogen and oxygen atoms in total. The first kappa shape index (κ1) is 33.3. The Kier molecular flexibility index (Phi) is 18.5. The minimum Gasteiger partial charge on any atom is -0.352 e. The molecule has 1 aromatic rings. The van der Waals surface area contributed by atoms with E-state index in [9.17, 15) is 13.2 Å². The van der Waals surface area contributed by atoms with Crippen molar-refractivity contribution in [3.63, 3.8) is 0 Å². The fourth-order valence-electron chi connectivity index (χ4n) is 3.32. The number of amides is 1. The summed E-state index contributed by atoms with van der Waals surface area (Å²) in [6.45, 7) is 9.61. The highest BCUT2D eigenvalue weighted by Crippen LogP contribution is 2.13. The Hall–Kier alpha value is -1.70. The van der Waals surface area contributed by atoms with Gasteiger partial charge in [0.25, 0.3) is 10.1 Å². The smallest absolute Gasteiger partial charge is 0.296 e. The summed E-state index contributed by atoms with van der Waals surface area (Å²) in [6, 6.07) is 8.33. The Morgan fingerprint density at radius 1 is 0.886 bits per heavy atom. The summed E-state index contributed by atoms with van der Waals surface area (Å²) in [4.78, 5) is 11.3. The van der Waals surface area contributed by atoms with Crippen LogP contribution in [0.2, 0.25) is 0 Å². The van der Waals surface area contributed by atoms with Gasteiger partial charge in [0.1, 0.15) is 0 Å². The van der Waals surface area contributed by atoms with Crippen molar-refractivity contribution >= 4 is 16.0 Å². The maximum atomic E-state index is 11.9. The zero-order chi connectivity index (χ0) is 26.6. The molecule has 0 unspecified atom stereocenters. The number of nitrogens with one attached hydrogen (secondary N) is 1. The first-order valence-corrected chi connectivity index (χ1v) is 14.6. The lowest BCUT2D eigenvalue weighted by molar-refractivity contribution is -0.870. The van der Waals surface area contributed by atoms with Gasteiger partial charge in [-0.1, -0.05) is 89.5 Å². The monoisotopic (exact) mass is 511 g/mol. The molecular weight excluding hydrogens is 460 g/mol. The van der Waals surface area contributed by atoms with E-state index in [0.717, 1.165) is 36.8 Å². The van der Waals surface area contributed by atoms with Gasteiger partial charge in [0.2, 0.25) is 5.91 Å². The molecule has 1 N–H and O–H groups in total. The molecule has 0 aromatic heterocycles. The summed E-state index contributed by atoms with van der Waals surface area (Å²) < 4.78 is 29.7. The average molecular weight is 512 g/mol. The number of rotatable bonds is 18. The van der Waals surface area contributed by atoms with Crippen molar-refractivity contribution < 1.29 is 21.9 Å². The number of quaternary nitrogens is 1. The molecule has 202 valence electrons. The lowest BCUT2D eigenvalue weighted by atomic mass is 10.1. The van der Waals surface area contributed by atoms with E-state index in [1.807, 2.05) is 0 Å². The van der Waals surface area contributed by atoms with E-state index in [2.05, 4.69) is 40.0 Å². The van der Waals surface area contributed by atoms with Crippen molar-refractivity contribution in [3.05, 3.63) is 42.5 Å². The maximum absolute atomic E-state index is 11.9.